The topological polar surface area (TPSA) is 87.8 Å². The lowest BCUT2D eigenvalue weighted by Gasteiger charge is -2.09. The summed E-state index contributed by atoms with van der Waals surface area (Å²) in [4.78, 5) is 9.08. The molecule has 2 heterocycles. The van der Waals surface area contributed by atoms with E-state index >= 15 is 0 Å². The summed E-state index contributed by atoms with van der Waals surface area (Å²) in [7, 11) is 1.67. The standard InChI is InChI=1S/C19H22N6O/c1-14-12-19(25-24-14)23-18-13-17(20-10-11-26-2)21-16(22-18)9-8-15-6-4-3-5-7-15/h3-9,12-13H,10-11H2,1-2H3,(H3,20,21,22,23,24,25)/b9-8+. The smallest absolute Gasteiger partial charge is 0.156 e. The minimum atomic E-state index is 0.598. The van der Waals surface area contributed by atoms with E-state index in [2.05, 4.69) is 30.8 Å². The molecule has 0 bridgehead atoms. The first-order valence-corrected chi connectivity index (χ1v) is 8.37. The second-order valence-corrected chi connectivity index (χ2v) is 5.72. The molecule has 0 aliphatic rings. The average molecular weight is 350 g/mol. The summed E-state index contributed by atoms with van der Waals surface area (Å²) in [5.41, 5.74) is 2.07. The van der Waals surface area contributed by atoms with Crippen LogP contribution in [0.3, 0.4) is 0 Å². The van der Waals surface area contributed by atoms with Gasteiger partial charge < -0.3 is 15.4 Å². The minimum Gasteiger partial charge on any atom is -0.383 e. The number of aromatic amines is 1. The maximum atomic E-state index is 5.08. The van der Waals surface area contributed by atoms with Gasteiger partial charge in [-0.25, -0.2) is 9.97 Å². The van der Waals surface area contributed by atoms with E-state index < -0.39 is 0 Å². The summed E-state index contributed by atoms with van der Waals surface area (Å²) in [6, 6.07) is 13.8. The highest BCUT2D eigenvalue weighted by Crippen LogP contribution is 2.17. The van der Waals surface area contributed by atoms with Gasteiger partial charge >= 0.3 is 0 Å². The predicted octanol–water partition coefficient (Wildman–Crippen LogP) is 3.48. The summed E-state index contributed by atoms with van der Waals surface area (Å²) in [5.74, 6) is 2.70. The Balaban J connectivity index is 1.82. The lowest BCUT2D eigenvalue weighted by molar-refractivity contribution is 0.210. The van der Waals surface area contributed by atoms with Crippen LogP contribution in [0.15, 0.2) is 42.5 Å². The van der Waals surface area contributed by atoms with E-state index in [1.54, 1.807) is 7.11 Å². The predicted molar refractivity (Wildman–Crippen MR) is 104 cm³/mol. The van der Waals surface area contributed by atoms with Crippen LogP contribution < -0.4 is 10.6 Å². The average Bonchev–Trinajstić information content (AvgIpc) is 3.06. The van der Waals surface area contributed by atoms with E-state index in [9.17, 15) is 0 Å². The fraction of sp³-hybridized carbons (Fsp3) is 0.211. The first-order chi connectivity index (χ1) is 12.7. The Morgan fingerprint density at radius 3 is 2.58 bits per heavy atom. The molecule has 0 aliphatic carbocycles. The van der Waals surface area contributed by atoms with Gasteiger partial charge in [0.05, 0.1) is 6.61 Å². The molecule has 134 valence electrons. The SMILES string of the molecule is COCCNc1cc(Nc2cc(C)[nH]n2)nc(/C=C/c2ccccc2)n1. The molecule has 0 amide bonds. The fourth-order valence-electron chi connectivity index (χ4n) is 2.32. The molecule has 0 aliphatic heterocycles. The van der Waals surface area contributed by atoms with Gasteiger partial charge in [0.25, 0.3) is 0 Å². The van der Waals surface area contributed by atoms with Crippen molar-refractivity contribution < 1.29 is 4.74 Å². The Labute approximate surface area is 152 Å². The molecule has 0 unspecified atom stereocenters. The Bertz CT molecular complexity index is 859. The van der Waals surface area contributed by atoms with Crippen molar-refractivity contribution in [1.29, 1.82) is 0 Å². The lowest BCUT2D eigenvalue weighted by atomic mass is 10.2. The molecule has 7 nitrogen and oxygen atoms in total. The van der Waals surface area contributed by atoms with Crippen LogP contribution in [0, 0.1) is 6.92 Å². The molecule has 0 saturated heterocycles. The van der Waals surface area contributed by atoms with Gasteiger partial charge in [0.15, 0.2) is 11.6 Å². The molecule has 0 atom stereocenters. The molecule has 1 aromatic carbocycles. The zero-order valence-corrected chi connectivity index (χ0v) is 14.9. The van der Waals surface area contributed by atoms with Crippen LogP contribution in [0.25, 0.3) is 12.2 Å². The number of anilines is 3. The van der Waals surface area contributed by atoms with E-state index in [-0.39, 0.29) is 0 Å². The van der Waals surface area contributed by atoms with E-state index in [1.165, 1.54) is 0 Å². The number of aryl methyl sites for hydroxylation is 1. The van der Waals surface area contributed by atoms with Gasteiger partial charge in [-0.05, 0) is 18.6 Å². The van der Waals surface area contributed by atoms with Crippen LogP contribution in [0.5, 0.6) is 0 Å². The van der Waals surface area contributed by atoms with Crippen molar-refractivity contribution in [3.8, 4) is 0 Å². The number of ether oxygens (including phenoxy) is 1. The van der Waals surface area contributed by atoms with E-state index in [0.717, 1.165) is 17.1 Å². The van der Waals surface area contributed by atoms with Crippen molar-refractivity contribution in [2.45, 2.75) is 6.92 Å². The third-order valence-corrected chi connectivity index (χ3v) is 3.54. The number of rotatable bonds is 8. The zero-order chi connectivity index (χ0) is 18.2. The second-order valence-electron chi connectivity index (χ2n) is 5.72. The molecule has 3 rings (SSSR count). The summed E-state index contributed by atoms with van der Waals surface area (Å²) in [6.45, 7) is 3.21. The van der Waals surface area contributed by atoms with Crippen LogP contribution in [0.1, 0.15) is 17.1 Å². The number of nitrogens with one attached hydrogen (secondary N) is 3. The Kier molecular flexibility index (Phi) is 5.95. The maximum Gasteiger partial charge on any atom is 0.156 e. The molecule has 3 N–H and O–H groups in total. The first-order valence-electron chi connectivity index (χ1n) is 8.37. The largest absolute Gasteiger partial charge is 0.383 e. The quantitative estimate of drug-likeness (QED) is 0.539. The van der Waals surface area contributed by atoms with Crippen molar-refractivity contribution >= 4 is 29.6 Å². The molecule has 0 saturated carbocycles. The van der Waals surface area contributed by atoms with E-state index in [4.69, 9.17) is 4.74 Å². The number of methoxy groups -OCH3 is 1. The molecular formula is C19H22N6O. The van der Waals surface area contributed by atoms with Crippen molar-refractivity contribution in [1.82, 2.24) is 20.2 Å². The van der Waals surface area contributed by atoms with Crippen LogP contribution in [-0.4, -0.2) is 40.4 Å². The number of nitrogens with zero attached hydrogens (tertiary/aromatic N) is 3. The summed E-state index contributed by atoms with van der Waals surface area (Å²) >= 11 is 0. The molecule has 0 radical (unpaired) electrons. The van der Waals surface area contributed by atoms with E-state index in [0.29, 0.717) is 30.6 Å². The highest BCUT2D eigenvalue weighted by Gasteiger charge is 2.05. The van der Waals surface area contributed by atoms with Gasteiger partial charge in [0.2, 0.25) is 0 Å². The Morgan fingerprint density at radius 2 is 1.85 bits per heavy atom. The summed E-state index contributed by atoms with van der Waals surface area (Å²) in [6.07, 6.45) is 3.87. The highest BCUT2D eigenvalue weighted by molar-refractivity contribution is 5.68. The minimum absolute atomic E-state index is 0.598. The Hall–Kier alpha value is -3.19. The van der Waals surface area contributed by atoms with Gasteiger partial charge in [0.1, 0.15) is 11.6 Å². The summed E-state index contributed by atoms with van der Waals surface area (Å²) in [5, 5.41) is 13.5. The Morgan fingerprint density at radius 1 is 1.04 bits per heavy atom. The van der Waals surface area contributed by atoms with Crippen LogP contribution in [0.4, 0.5) is 17.5 Å². The van der Waals surface area contributed by atoms with Crippen molar-refractivity contribution in [2.75, 3.05) is 30.9 Å². The van der Waals surface area contributed by atoms with Gasteiger partial charge in [-0.15, -0.1) is 0 Å². The van der Waals surface area contributed by atoms with E-state index in [1.807, 2.05) is 61.5 Å². The van der Waals surface area contributed by atoms with Crippen molar-refractivity contribution in [3.05, 3.63) is 59.5 Å². The summed E-state index contributed by atoms with van der Waals surface area (Å²) < 4.78 is 5.08. The molecule has 0 fully saturated rings. The third-order valence-electron chi connectivity index (χ3n) is 3.54. The van der Waals surface area contributed by atoms with Crippen molar-refractivity contribution in [3.63, 3.8) is 0 Å². The number of H-pyrrole nitrogens is 1. The van der Waals surface area contributed by atoms with Gasteiger partial charge in [0, 0.05) is 31.5 Å². The van der Waals surface area contributed by atoms with Crippen molar-refractivity contribution in [2.24, 2.45) is 0 Å². The van der Waals surface area contributed by atoms with Gasteiger partial charge in [-0.3, -0.25) is 5.10 Å². The third kappa shape index (κ3) is 5.15. The molecular weight excluding hydrogens is 328 g/mol. The van der Waals surface area contributed by atoms with Crippen LogP contribution in [-0.2, 0) is 4.74 Å². The highest BCUT2D eigenvalue weighted by atomic mass is 16.5. The second kappa shape index (κ2) is 8.77. The van der Waals surface area contributed by atoms with Gasteiger partial charge in [-0.1, -0.05) is 36.4 Å². The van der Waals surface area contributed by atoms with Gasteiger partial charge in [-0.2, -0.15) is 5.10 Å². The number of hydrogen-bond acceptors (Lipinski definition) is 6. The molecule has 26 heavy (non-hydrogen) atoms. The van der Waals surface area contributed by atoms with Crippen LogP contribution >= 0.6 is 0 Å². The number of aromatic nitrogens is 4. The molecule has 0 spiro atoms. The molecule has 2 aromatic heterocycles. The number of hydrogen-bond donors (Lipinski definition) is 3. The number of benzene rings is 1. The normalized spacial score (nSPS) is 11.0. The van der Waals surface area contributed by atoms with Crippen LogP contribution in [0.2, 0.25) is 0 Å². The maximum absolute atomic E-state index is 5.08. The zero-order valence-electron chi connectivity index (χ0n) is 14.9. The molecule has 7 heteroatoms. The fourth-order valence-corrected chi connectivity index (χ4v) is 2.32. The lowest BCUT2D eigenvalue weighted by Crippen LogP contribution is -2.10. The monoisotopic (exact) mass is 350 g/mol. The first kappa shape index (κ1) is 17.6. The molecule has 3 aromatic rings.